The number of esters is 1. The number of amides is 1. The SMILES string of the molecule is COC(=O)C(C)C(C)N(C)CC(=O)NC1CC1. The van der Waals surface area contributed by atoms with E-state index >= 15 is 0 Å². The fraction of sp³-hybridized carbons (Fsp3) is 0.833. The van der Waals surface area contributed by atoms with Crippen LogP contribution in [0.25, 0.3) is 0 Å². The fourth-order valence-electron chi connectivity index (χ4n) is 1.64. The van der Waals surface area contributed by atoms with Crippen LogP contribution in [0, 0.1) is 5.92 Å². The summed E-state index contributed by atoms with van der Waals surface area (Å²) in [5, 5.41) is 2.92. The van der Waals surface area contributed by atoms with Crippen molar-refractivity contribution in [2.45, 2.75) is 38.8 Å². The summed E-state index contributed by atoms with van der Waals surface area (Å²) >= 11 is 0. The molecule has 1 rings (SSSR count). The van der Waals surface area contributed by atoms with Gasteiger partial charge in [-0.2, -0.15) is 0 Å². The van der Waals surface area contributed by atoms with Crippen molar-refractivity contribution in [3.8, 4) is 0 Å². The summed E-state index contributed by atoms with van der Waals surface area (Å²) in [6, 6.07) is 0.358. The topological polar surface area (TPSA) is 58.6 Å². The van der Waals surface area contributed by atoms with Crippen molar-refractivity contribution in [2.75, 3.05) is 20.7 Å². The number of hydrogen-bond acceptors (Lipinski definition) is 4. The molecule has 17 heavy (non-hydrogen) atoms. The van der Waals surface area contributed by atoms with Gasteiger partial charge in [-0.25, -0.2) is 0 Å². The first kappa shape index (κ1) is 14.0. The lowest BCUT2D eigenvalue weighted by Gasteiger charge is -2.27. The molecule has 0 aromatic rings. The Morgan fingerprint density at radius 2 is 2.00 bits per heavy atom. The number of likely N-dealkylation sites (N-methyl/N-ethyl adjacent to an activating group) is 1. The molecule has 5 heteroatoms. The molecule has 2 atom stereocenters. The van der Waals surface area contributed by atoms with Gasteiger partial charge in [-0.1, -0.05) is 6.92 Å². The third kappa shape index (κ3) is 4.34. The molecule has 1 aliphatic rings. The van der Waals surface area contributed by atoms with Crippen LogP contribution in [0.2, 0.25) is 0 Å². The van der Waals surface area contributed by atoms with Crippen molar-refractivity contribution in [3.63, 3.8) is 0 Å². The maximum Gasteiger partial charge on any atom is 0.309 e. The molecule has 1 aliphatic carbocycles. The smallest absolute Gasteiger partial charge is 0.309 e. The minimum Gasteiger partial charge on any atom is -0.469 e. The zero-order valence-electron chi connectivity index (χ0n) is 11.0. The average Bonchev–Trinajstić information content (AvgIpc) is 3.09. The van der Waals surface area contributed by atoms with Gasteiger partial charge in [0, 0.05) is 12.1 Å². The van der Waals surface area contributed by atoms with E-state index in [0.717, 1.165) is 12.8 Å². The molecular weight excluding hydrogens is 220 g/mol. The van der Waals surface area contributed by atoms with Gasteiger partial charge in [0.25, 0.3) is 0 Å². The normalized spacial score (nSPS) is 18.6. The molecule has 1 N–H and O–H groups in total. The van der Waals surface area contributed by atoms with Crippen molar-refractivity contribution in [1.29, 1.82) is 0 Å². The van der Waals surface area contributed by atoms with E-state index in [1.54, 1.807) is 0 Å². The van der Waals surface area contributed by atoms with Crippen LogP contribution in [0.15, 0.2) is 0 Å². The Bertz CT molecular complexity index is 289. The molecule has 0 spiro atoms. The maximum atomic E-state index is 11.6. The lowest BCUT2D eigenvalue weighted by atomic mass is 10.0. The van der Waals surface area contributed by atoms with E-state index < -0.39 is 0 Å². The second kappa shape index (κ2) is 6.00. The van der Waals surface area contributed by atoms with E-state index in [-0.39, 0.29) is 23.8 Å². The second-order valence-electron chi connectivity index (χ2n) is 4.81. The van der Waals surface area contributed by atoms with Crippen LogP contribution >= 0.6 is 0 Å². The Morgan fingerprint density at radius 1 is 1.41 bits per heavy atom. The molecule has 2 unspecified atom stereocenters. The molecule has 1 fully saturated rings. The Kier molecular flexibility index (Phi) is 4.93. The first-order chi connectivity index (χ1) is 7.95. The average molecular weight is 242 g/mol. The van der Waals surface area contributed by atoms with E-state index in [1.165, 1.54) is 7.11 Å². The van der Waals surface area contributed by atoms with Crippen LogP contribution in [-0.4, -0.2) is 49.6 Å². The van der Waals surface area contributed by atoms with Crippen LogP contribution in [0.1, 0.15) is 26.7 Å². The molecule has 1 amide bonds. The standard InChI is InChI=1S/C12H22N2O3/c1-8(12(16)17-4)9(2)14(3)7-11(15)13-10-5-6-10/h8-10H,5-7H2,1-4H3,(H,13,15). The number of nitrogens with one attached hydrogen (secondary N) is 1. The van der Waals surface area contributed by atoms with E-state index in [9.17, 15) is 9.59 Å². The predicted octanol–water partition coefficient (Wildman–Crippen LogP) is 0.394. The zero-order chi connectivity index (χ0) is 13.0. The largest absolute Gasteiger partial charge is 0.469 e. The number of nitrogens with zero attached hydrogens (tertiary/aromatic N) is 1. The maximum absolute atomic E-state index is 11.6. The van der Waals surface area contributed by atoms with Crippen LogP contribution < -0.4 is 5.32 Å². The van der Waals surface area contributed by atoms with Crippen LogP contribution in [0.5, 0.6) is 0 Å². The molecule has 0 aliphatic heterocycles. The Labute approximate surface area is 102 Å². The van der Waals surface area contributed by atoms with Crippen LogP contribution in [-0.2, 0) is 14.3 Å². The van der Waals surface area contributed by atoms with Gasteiger partial charge in [0.05, 0.1) is 19.6 Å². The van der Waals surface area contributed by atoms with Gasteiger partial charge in [-0.05, 0) is 26.8 Å². The van der Waals surface area contributed by atoms with Crippen molar-refractivity contribution in [1.82, 2.24) is 10.2 Å². The van der Waals surface area contributed by atoms with E-state index in [2.05, 4.69) is 5.32 Å². The third-order valence-electron chi connectivity index (χ3n) is 3.33. The summed E-state index contributed by atoms with van der Waals surface area (Å²) in [6.45, 7) is 4.05. The van der Waals surface area contributed by atoms with E-state index in [0.29, 0.717) is 12.6 Å². The molecular formula is C12H22N2O3. The van der Waals surface area contributed by atoms with Gasteiger partial charge in [0.1, 0.15) is 0 Å². The lowest BCUT2D eigenvalue weighted by Crippen LogP contribution is -2.44. The first-order valence-electron chi connectivity index (χ1n) is 6.03. The van der Waals surface area contributed by atoms with Crippen molar-refractivity contribution in [2.24, 2.45) is 5.92 Å². The molecule has 1 saturated carbocycles. The van der Waals surface area contributed by atoms with Crippen LogP contribution in [0.3, 0.4) is 0 Å². The molecule has 0 saturated heterocycles. The molecule has 0 heterocycles. The zero-order valence-corrected chi connectivity index (χ0v) is 11.0. The molecule has 0 aromatic heterocycles. The highest BCUT2D eigenvalue weighted by molar-refractivity contribution is 5.79. The van der Waals surface area contributed by atoms with Gasteiger partial charge < -0.3 is 10.1 Å². The molecule has 98 valence electrons. The van der Waals surface area contributed by atoms with Crippen molar-refractivity contribution < 1.29 is 14.3 Å². The lowest BCUT2D eigenvalue weighted by molar-refractivity contribution is -0.147. The van der Waals surface area contributed by atoms with Gasteiger partial charge in [-0.3, -0.25) is 14.5 Å². The van der Waals surface area contributed by atoms with Gasteiger partial charge in [-0.15, -0.1) is 0 Å². The van der Waals surface area contributed by atoms with E-state index in [4.69, 9.17) is 4.74 Å². The Hall–Kier alpha value is -1.10. The molecule has 0 radical (unpaired) electrons. The summed E-state index contributed by atoms with van der Waals surface area (Å²) < 4.78 is 4.70. The van der Waals surface area contributed by atoms with Crippen molar-refractivity contribution >= 4 is 11.9 Å². The Morgan fingerprint density at radius 3 is 2.47 bits per heavy atom. The quantitative estimate of drug-likeness (QED) is 0.685. The Balaban J connectivity index is 2.36. The first-order valence-corrected chi connectivity index (χ1v) is 6.03. The van der Waals surface area contributed by atoms with Gasteiger partial charge in [0.15, 0.2) is 0 Å². The number of carbonyl (C=O) groups excluding carboxylic acids is 2. The minimum absolute atomic E-state index is 0.0209. The number of methoxy groups -OCH3 is 1. The molecule has 0 aromatic carbocycles. The van der Waals surface area contributed by atoms with Gasteiger partial charge >= 0.3 is 5.97 Å². The number of ether oxygens (including phenoxy) is 1. The summed E-state index contributed by atoms with van der Waals surface area (Å²) in [5.41, 5.74) is 0. The van der Waals surface area contributed by atoms with Gasteiger partial charge in [0.2, 0.25) is 5.91 Å². The number of rotatable bonds is 6. The summed E-state index contributed by atoms with van der Waals surface area (Å²) in [5.74, 6) is -0.454. The fourth-order valence-corrected chi connectivity index (χ4v) is 1.64. The number of hydrogen-bond donors (Lipinski definition) is 1. The predicted molar refractivity (Wildman–Crippen MR) is 64.4 cm³/mol. The highest BCUT2D eigenvalue weighted by Crippen LogP contribution is 2.18. The second-order valence-corrected chi connectivity index (χ2v) is 4.81. The summed E-state index contributed by atoms with van der Waals surface area (Å²) in [7, 11) is 3.22. The number of carbonyl (C=O) groups is 2. The monoisotopic (exact) mass is 242 g/mol. The highest BCUT2D eigenvalue weighted by atomic mass is 16.5. The van der Waals surface area contributed by atoms with Crippen molar-refractivity contribution in [3.05, 3.63) is 0 Å². The third-order valence-corrected chi connectivity index (χ3v) is 3.33. The summed E-state index contributed by atoms with van der Waals surface area (Å²) in [4.78, 5) is 24.9. The molecule has 5 nitrogen and oxygen atoms in total. The van der Waals surface area contributed by atoms with E-state index in [1.807, 2.05) is 25.8 Å². The highest BCUT2D eigenvalue weighted by Gasteiger charge is 2.27. The molecule has 0 bridgehead atoms. The minimum atomic E-state index is -0.244. The summed E-state index contributed by atoms with van der Waals surface area (Å²) in [6.07, 6.45) is 2.17. The van der Waals surface area contributed by atoms with Crippen LogP contribution in [0.4, 0.5) is 0 Å².